The van der Waals surface area contributed by atoms with Crippen molar-refractivity contribution in [1.82, 2.24) is 10.2 Å². The van der Waals surface area contributed by atoms with Crippen LogP contribution in [0.2, 0.25) is 0 Å². The molecule has 1 aliphatic rings. The molecule has 1 radical (unpaired) electrons. The molecule has 0 fully saturated rings. The summed E-state index contributed by atoms with van der Waals surface area (Å²) in [6.07, 6.45) is 7.82. The van der Waals surface area contributed by atoms with Gasteiger partial charge in [-0.15, -0.1) is 0 Å². The molecule has 2 heteroatoms. The molecule has 9 heavy (non-hydrogen) atoms. The van der Waals surface area contributed by atoms with E-state index in [-0.39, 0.29) is 0 Å². The van der Waals surface area contributed by atoms with E-state index in [0.29, 0.717) is 0 Å². The molecule has 0 atom stereocenters. The molecule has 0 amide bonds. The standard InChI is InChI=1S/C7H9N2/c1-2-4-7-6(3-1)5-8-9-7/h4-5H,1-3H2,(H,8,9). The van der Waals surface area contributed by atoms with Crippen LogP contribution in [0.15, 0.2) is 6.20 Å². The van der Waals surface area contributed by atoms with Crippen molar-refractivity contribution in [2.24, 2.45) is 0 Å². The van der Waals surface area contributed by atoms with Crippen molar-refractivity contribution in [1.29, 1.82) is 0 Å². The fraction of sp³-hybridized carbons (Fsp3) is 0.429. The second-order valence-electron chi connectivity index (χ2n) is 2.41. The van der Waals surface area contributed by atoms with Gasteiger partial charge in [-0.1, -0.05) is 0 Å². The normalized spacial score (nSPS) is 17.3. The number of aryl methyl sites for hydroxylation is 1. The Morgan fingerprint density at radius 1 is 1.56 bits per heavy atom. The molecule has 0 saturated heterocycles. The molecule has 0 saturated carbocycles. The second kappa shape index (κ2) is 1.87. The lowest BCUT2D eigenvalue weighted by molar-refractivity contribution is 0.769. The molecule has 0 aliphatic heterocycles. The van der Waals surface area contributed by atoms with Crippen LogP contribution in [-0.4, -0.2) is 10.2 Å². The number of aromatic nitrogens is 2. The summed E-state index contributed by atoms with van der Waals surface area (Å²) < 4.78 is 0. The minimum atomic E-state index is 1.20. The molecule has 0 unspecified atom stereocenters. The van der Waals surface area contributed by atoms with E-state index in [0.717, 1.165) is 0 Å². The average Bonchev–Trinajstić information content (AvgIpc) is 2.33. The fourth-order valence-corrected chi connectivity index (χ4v) is 1.24. The Kier molecular flexibility index (Phi) is 1.04. The highest BCUT2D eigenvalue weighted by atomic mass is 15.1. The summed E-state index contributed by atoms with van der Waals surface area (Å²) in [4.78, 5) is 0. The van der Waals surface area contributed by atoms with E-state index in [9.17, 15) is 0 Å². The zero-order chi connectivity index (χ0) is 6.10. The number of H-pyrrole nitrogens is 1. The number of hydrogen-bond donors (Lipinski definition) is 1. The van der Waals surface area contributed by atoms with Gasteiger partial charge in [0.1, 0.15) is 0 Å². The second-order valence-corrected chi connectivity index (χ2v) is 2.41. The largest absolute Gasteiger partial charge is 0.282 e. The minimum Gasteiger partial charge on any atom is -0.282 e. The van der Waals surface area contributed by atoms with Gasteiger partial charge < -0.3 is 0 Å². The molecule has 1 aliphatic carbocycles. The number of nitrogens with zero attached hydrogens (tertiary/aromatic N) is 1. The molecule has 1 heterocycles. The molecule has 1 N–H and O–H groups in total. The zero-order valence-corrected chi connectivity index (χ0v) is 5.22. The Labute approximate surface area is 54.3 Å². The number of aromatic amines is 1. The van der Waals surface area contributed by atoms with E-state index < -0.39 is 0 Å². The summed E-state index contributed by atoms with van der Waals surface area (Å²) in [5.41, 5.74) is 2.61. The highest BCUT2D eigenvalue weighted by Crippen LogP contribution is 2.18. The van der Waals surface area contributed by atoms with Gasteiger partial charge in [0.25, 0.3) is 0 Å². The fourth-order valence-electron chi connectivity index (χ4n) is 1.24. The average molecular weight is 121 g/mol. The van der Waals surface area contributed by atoms with E-state index in [1.54, 1.807) is 0 Å². The van der Waals surface area contributed by atoms with E-state index >= 15 is 0 Å². The van der Waals surface area contributed by atoms with E-state index in [1.807, 2.05) is 6.20 Å². The summed E-state index contributed by atoms with van der Waals surface area (Å²) in [5, 5.41) is 6.90. The van der Waals surface area contributed by atoms with Crippen LogP contribution in [0.3, 0.4) is 0 Å². The summed E-state index contributed by atoms with van der Waals surface area (Å²) >= 11 is 0. The first kappa shape index (κ1) is 5.03. The summed E-state index contributed by atoms with van der Waals surface area (Å²) in [6.45, 7) is 0. The van der Waals surface area contributed by atoms with E-state index in [1.165, 1.54) is 30.5 Å². The van der Waals surface area contributed by atoms with Gasteiger partial charge in [0.2, 0.25) is 0 Å². The summed E-state index contributed by atoms with van der Waals surface area (Å²) in [5.74, 6) is 0. The molecule has 1 aromatic heterocycles. The Morgan fingerprint density at radius 2 is 2.56 bits per heavy atom. The van der Waals surface area contributed by atoms with Gasteiger partial charge in [0, 0.05) is 12.1 Å². The van der Waals surface area contributed by atoms with E-state index in [2.05, 4.69) is 16.6 Å². The molecular weight excluding hydrogens is 112 g/mol. The number of rotatable bonds is 0. The maximum absolute atomic E-state index is 3.95. The van der Waals surface area contributed by atoms with Gasteiger partial charge in [-0.25, -0.2) is 0 Å². The number of fused-ring (bicyclic) bond motifs is 1. The third-order valence-corrected chi connectivity index (χ3v) is 1.75. The lowest BCUT2D eigenvalue weighted by Crippen LogP contribution is -1.97. The highest BCUT2D eigenvalue weighted by molar-refractivity contribution is 5.25. The first-order chi connectivity index (χ1) is 4.47. The Morgan fingerprint density at radius 3 is 3.44 bits per heavy atom. The maximum atomic E-state index is 3.95. The molecular formula is C7H9N2. The molecule has 47 valence electrons. The first-order valence-corrected chi connectivity index (χ1v) is 3.32. The van der Waals surface area contributed by atoms with Crippen molar-refractivity contribution < 1.29 is 0 Å². The van der Waals surface area contributed by atoms with Crippen molar-refractivity contribution in [2.75, 3.05) is 0 Å². The lowest BCUT2D eigenvalue weighted by Gasteiger charge is -2.07. The lowest BCUT2D eigenvalue weighted by atomic mass is 9.99. The van der Waals surface area contributed by atoms with Gasteiger partial charge in [0.15, 0.2) is 0 Å². The quantitative estimate of drug-likeness (QED) is 0.550. The monoisotopic (exact) mass is 121 g/mol. The SMILES string of the molecule is [CH]1CCCc2cn[nH]c21. The van der Waals surface area contributed by atoms with Crippen LogP contribution < -0.4 is 0 Å². The van der Waals surface area contributed by atoms with Crippen LogP contribution >= 0.6 is 0 Å². The summed E-state index contributed by atoms with van der Waals surface area (Å²) in [6, 6.07) is 0. The van der Waals surface area contributed by atoms with Gasteiger partial charge >= 0.3 is 0 Å². The first-order valence-electron chi connectivity index (χ1n) is 3.32. The van der Waals surface area contributed by atoms with Crippen LogP contribution in [0.5, 0.6) is 0 Å². The van der Waals surface area contributed by atoms with Crippen molar-refractivity contribution in [3.63, 3.8) is 0 Å². The molecule has 1 aromatic rings. The van der Waals surface area contributed by atoms with Gasteiger partial charge in [-0.3, -0.25) is 5.10 Å². The van der Waals surface area contributed by atoms with Gasteiger partial charge in [-0.2, -0.15) is 5.10 Å². The van der Waals surface area contributed by atoms with Crippen LogP contribution in [0.25, 0.3) is 0 Å². The smallest absolute Gasteiger partial charge is 0.0522 e. The van der Waals surface area contributed by atoms with Crippen LogP contribution in [0, 0.1) is 6.42 Å². The summed E-state index contributed by atoms with van der Waals surface area (Å²) in [7, 11) is 0. The van der Waals surface area contributed by atoms with Gasteiger partial charge in [0.05, 0.1) is 6.20 Å². The van der Waals surface area contributed by atoms with Crippen molar-refractivity contribution in [3.8, 4) is 0 Å². The third kappa shape index (κ3) is 0.745. The molecule has 0 bridgehead atoms. The Bertz CT molecular complexity index is 182. The zero-order valence-electron chi connectivity index (χ0n) is 5.22. The molecule has 0 aromatic carbocycles. The van der Waals surface area contributed by atoms with E-state index in [4.69, 9.17) is 0 Å². The van der Waals surface area contributed by atoms with Crippen molar-refractivity contribution in [2.45, 2.75) is 19.3 Å². The maximum Gasteiger partial charge on any atom is 0.0522 e. The van der Waals surface area contributed by atoms with Gasteiger partial charge in [-0.05, 0) is 24.8 Å². The molecule has 0 spiro atoms. The Balaban J connectivity index is 2.39. The van der Waals surface area contributed by atoms with Crippen LogP contribution in [0.4, 0.5) is 0 Å². The van der Waals surface area contributed by atoms with Crippen molar-refractivity contribution >= 4 is 0 Å². The topological polar surface area (TPSA) is 28.7 Å². The predicted octanol–water partition coefficient (Wildman–Crippen LogP) is 1.30. The Hall–Kier alpha value is -0.790. The van der Waals surface area contributed by atoms with Crippen LogP contribution in [0.1, 0.15) is 24.1 Å². The number of hydrogen-bond acceptors (Lipinski definition) is 1. The van der Waals surface area contributed by atoms with Crippen LogP contribution in [-0.2, 0) is 6.42 Å². The highest BCUT2D eigenvalue weighted by Gasteiger charge is 2.09. The third-order valence-electron chi connectivity index (χ3n) is 1.75. The van der Waals surface area contributed by atoms with Crippen molar-refractivity contribution in [3.05, 3.63) is 23.9 Å². The molecule has 2 nitrogen and oxygen atoms in total. The predicted molar refractivity (Wildman–Crippen MR) is 34.9 cm³/mol. The number of nitrogens with one attached hydrogen (secondary N) is 1. The minimum absolute atomic E-state index is 1.20. The molecule has 2 rings (SSSR count).